The van der Waals surface area contributed by atoms with E-state index in [1.54, 1.807) is 6.20 Å². The van der Waals surface area contributed by atoms with Crippen LogP contribution in [0.5, 0.6) is 0 Å². The van der Waals surface area contributed by atoms with Gasteiger partial charge in [0.15, 0.2) is 0 Å². The molecule has 1 aliphatic heterocycles. The molecule has 1 N–H and O–H groups in total. The zero-order valence-corrected chi connectivity index (χ0v) is 21.4. The maximum Gasteiger partial charge on any atom is 0.127 e. The summed E-state index contributed by atoms with van der Waals surface area (Å²) in [4.78, 5) is 18.8. The summed E-state index contributed by atoms with van der Waals surface area (Å²) in [6, 6.07) is 21.8. The zero-order chi connectivity index (χ0) is 24.9. The van der Waals surface area contributed by atoms with Gasteiger partial charge in [-0.1, -0.05) is 30.3 Å². The van der Waals surface area contributed by atoms with Gasteiger partial charge in [-0.3, -0.25) is 19.8 Å². The van der Waals surface area contributed by atoms with Crippen LogP contribution in [0.25, 0.3) is 33.6 Å². The molecule has 0 saturated carbocycles. The van der Waals surface area contributed by atoms with E-state index in [1.165, 1.54) is 11.1 Å². The lowest BCUT2D eigenvalue weighted by Gasteiger charge is -2.36. The Balaban J connectivity index is 1.34. The van der Waals surface area contributed by atoms with E-state index in [2.05, 4.69) is 81.4 Å². The largest absolute Gasteiger partial charge is 0.373 e. The number of piperazine rings is 1. The molecular formula is C30H34N6. The highest BCUT2D eigenvalue weighted by Gasteiger charge is 2.18. The number of anilines is 1. The van der Waals surface area contributed by atoms with E-state index in [0.717, 1.165) is 66.6 Å². The van der Waals surface area contributed by atoms with Gasteiger partial charge in [-0.2, -0.15) is 0 Å². The zero-order valence-electron chi connectivity index (χ0n) is 21.4. The van der Waals surface area contributed by atoms with Crippen LogP contribution in [-0.2, 0) is 6.54 Å². The Morgan fingerprint density at radius 3 is 2.22 bits per heavy atom. The topological polar surface area (TPSA) is 57.2 Å². The second kappa shape index (κ2) is 11.0. The number of pyridine rings is 3. The lowest BCUT2D eigenvalue weighted by Crippen LogP contribution is -2.48. The maximum atomic E-state index is 4.70. The first-order chi connectivity index (χ1) is 17.6. The van der Waals surface area contributed by atoms with E-state index < -0.39 is 0 Å². The van der Waals surface area contributed by atoms with Crippen molar-refractivity contribution >= 4 is 5.82 Å². The first-order valence-corrected chi connectivity index (χ1v) is 12.7. The third-order valence-electron chi connectivity index (χ3n) is 6.91. The van der Waals surface area contributed by atoms with Crippen LogP contribution in [-0.4, -0.2) is 64.0 Å². The lowest BCUT2D eigenvalue weighted by molar-refractivity contribution is 0.104. The van der Waals surface area contributed by atoms with Gasteiger partial charge in [0.05, 0.1) is 11.4 Å². The predicted molar refractivity (Wildman–Crippen MR) is 148 cm³/mol. The van der Waals surface area contributed by atoms with E-state index in [9.17, 15) is 0 Å². The van der Waals surface area contributed by atoms with Crippen molar-refractivity contribution in [2.24, 2.45) is 0 Å². The fourth-order valence-electron chi connectivity index (χ4n) is 4.73. The van der Waals surface area contributed by atoms with E-state index in [-0.39, 0.29) is 0 Å². The molecule has 0 amide bonds. The molecule has 5 rings (SSSR count). The molecule has 0 aliphatic carbocycles. The van der Waals surface area contributed by atoms with Gasteiger partial charge in [0.1, 0.15) is 5.82 Å². The van der Waals surface area contributed by atoms with Crippen molar-refractivity contribution in [3.05, 3.63) is 84.8 Å². The summed E-state index contributed by atoms with van der Waals surface area (Å²) in [7, 11) is 1.88. The molecule has 0 bridgehead atoms. The van der Waals surface area contributed by atoms with E-state index in [0.29, 0.717) is 6.04 Å². The Bertz CT molecular complexity index is 1280. The fraction of sp³-hybridized carbons (Fsp3) is 0.300. The normalized spacial score (nSPS) is 14.8. The van der Waals surface area contributed by atoms with Crippen LogP contribution in [0.1, 0.15) is 19.4 Å². The third-order valence-corrected chi connectivity index (χ3v) is 6.91. The SMILES string of the molecule is CNc1cc(-c2cncc(-c3ccc(CN4CCN(C(C)C)CC4)cc3)c2)cc(-c2ccccn2)n1. The summed E-state index contributed by atoms with van der Waals surface area (Å²) in [5.74, 6) is 0.803. The average molecular weight is 479 g/mol. The van der Waals surface area contributed by atoms with E-state index in [4.69, 9.17) is 4.98 Å². The highest BCUT2D eigenvalue weighted by molar-refractivity contribution is 5.76. The number of benzene rings is 1. The standard InChI is InChI=1S/C30H34N6/c1-22(2)36-14-12-35(13-15-36)21-23-7-9-24(10-8-23)26-16-27(20-32-19-26)25-17-29(34-30(18-25)31-3)28-6-4-5-11-33-28/h4-11,16-20,22H,12-15,21H2,1-3H3,(H,31,34). The van der Waals surface area contributed by atoms with Gasteiger partial charge in [0, 0.05) is 75.5 Å². The molecule has 1 fully saturated rings. The van der Waals surface area contributed by atoms with Crippen LogP contribution in [0.4, 0.5) is 5.82 Å². The highest BCUT2D eigenvalue weighted by atomic mass is 15.3. The van der Waals surface area contributed by atoms with Crippen molar-refractivity contribution in [3.63, 3.8) is 0 Å². The van der Waals surface area contributed by atoms with Gasteiger partial charge in [0.2, 0.25) is 0 Å². The summed E-state index contributed by atoms with van der Waals surface area (Å²) in [6.45, 7) is 10.1. The quantitative estimate of drug-likeness (QED) is 0.382. The molecule has 1 aliphatic rings. The van der Waals surface area contributed by atoms with E-state index in [1.807, 2.05) is 37.6 Å². The molecule has 0 atom stereocenters. The molecule has 36 heavy (non-hydrogen) atoms. The highest BCUT2D eigenvalue weighted by Crippen LogP contribution is 2.29. The van der Waals surface area contributed by atoms with Gasteiger partial charge in [-0.05, 0) is 60.9 Å². The lowest BCUT2D eigenvalue weighted by atomic mass is 10.0. The minimum atomic E-state index is 0.634. The summed E-state index contributed by atoms with van der Waals surface area (Å²) < 4.78 is 0. The van der Waals surface area contributed by atoms with Crippen LogP contribution >= 0.6 is 0 Å². The van der Waals surface area contributed by atoms with Gasteiger partial charge < -0.3 is 5.32 Å². The predicted octanol–water partition coefficient (Wildman–Crippen LogP) is 5.44. The molecule has 0 radical (unpaired) electrons. The van der Waals surface area contributed by atoms with Crippen LogP contribution in [0.15, 0.2) is 79.3 Å². The van der Waals surface area contributed by atoms with Crippen molar-refractivity contribution in [2.75, 3.05) is 38.5 Å². The summed E-state index contributed by atoms with van der Waals surface area (Å²) in [5, 5.41) is 3.18. The first-order valence-electron chi connectivity index (χ1n) is 12.7. The Hall–Kier alpha value is -3.61. The minimum Gasteiger partial charge on any atom is -0.373 e. The molecule has 1 saturated heterocycles. The van der Waals surface area contributed by atoms with Crippen molar-refractivity contribution in [3.8, 4) is 33.6 Å². The first kappa shape index (κ1) is 24.1. The molecule has 1 aromatic carbocycles. The number of rotatable bonds is 7. The van der Waals surface area contributed by atoms with E-state index >= 15 is 0 Å². The minimum absolute atomic E-state index is 0.634. The monoisotopic (exact) mass is 478 g/mol. The fourth-order valence-corrected chi connectivity index (χ4v) is 4.73. The molecule has 0 unspecified atom stereocenters. The number of nitrogens with zero attached hydrogens (tertiary/aromatic N) is 5. The van der Waals surface area contributed by atoms with Gasteiger partial charge >= 0.3 is 0 Å². The van der Waals surface area contributed by atoms with Crippen LogP contribution in [0.2, 0.25) is 0 Å². The second-order valence-electron chi connectivity index (χ2n) is 9.66. The average Bonchev–Trinajstić information content (AvgIpc) is 2.94. The van der Waals surface area contributed by atoms with Crippen molar-refractivity contribution in [2.45, 2.75) is 26.4 Å². The number of hydrogen-bond acceptors (Lipinski definition) is 6. The number of nitrogens with one attached hydrogen (secondary N) is 1. The molecule has 0 spiro atoms. The van der Waals surface area contributed by atoms with Crippen LogP contribution in [0.3, 0.4) is 0 Å². The van der Waals surface area contributed by atoms with Crippen LogP contribution in [0, 0.1) is 0 Å². The summed E-state index contributed by atoms with van der Waals surface area (Å²) in [6.07, 6.45) is 5.63. The molecular weight excluding hydrogens is 444 g/mol. The Morgan fingerprint density at radius 1 is 0.806 bits per heavy atom. The van der Waals surface area contributed by atoms with Crippen LogP contribution < -0.4 is 5.32 Å². The molecule has 6 heteroatoms. The second-order valence-corrected chi connectivity index (χ2v) is 9.66. The smallest absolute Gasteiger partial charge is 0.127 e. The molecule has 3 aromatic heterocycles. The van der Waals surface area contributed by atoms with Gasteiger partial charge in [-0.25, -0.2) is 4.98 Å². The van der Waals surface area contributed by atoms with Gasteiger partial charge in [-0.15, -0.1) is 0 Å². The summed E-state index contributed by atoms with van der Waals surface area (Å²) >= 11 is 0. The Kier molecular flexibility index (Phi) is 7.35. The van der Waals surface area contributed by atoms with Crippen molar-refractivity contribution in [1.29, 1.82) is 0 Å². The van der Waals surface area contributed by atoms with Crippen molar-refractivity contribution in [1.82, 2.24) is 24.8 Å². The third kappa shape index (κ3) is 5.61. The molecule has 6 nitrogen and oxygen atoms in total. The van der Waals surface area contributed by atoms with Crippen molar-refractivity contribution < 1.29 is 0 Å². The maximum absolute atomic E-state index is 4.70. The summed E-state index contributed by atoms with van der Waals surface area (Å²) in [5.41, 5.74) is 7.42. The Labute approximate surface area is 214 Å². The number of aromatic nitrogens is 3. The molecule has 4 heterocycles. The van der Waals surface area contributed by atoms with Gasteiger partial charge in [0.25, 0.3) is 0 Å². The molecule has 184 valence electrons. The molecule has 4 aromatic rings. The Morgan fingerprint density at radius 2 is 1.56 bits per heavy atom. The number of hydrogen-bond donors (Lipinski definition) is 1.